The van der Waals surface area contributed by atoms with Crippen molar-refractivity contribution >= 4 is 5.91 Å². The SMILES string of the molecule is CC1CCN(C(=O)Cn2nc(-c3ccc4c(c3)OCO4)ccc2=O)CC1. The van der Waals surface area contributed by atoms with Gasteiger partial charge in [0.1, 0.15) is 6.54 Å². The Morgan fingerprint density at radius 3 is 2.73 bits per heavy atom. The molecule has 1 amide bonds. The lowest BCUT2D eigenvalue weighted by molar-refractivity contribution is -0.133. The van der Waals surface area contributed by atoms with Crippen LogP contribution >= 0.6 is 0 Å². The molecule has 7 nitrogen and oxygen atoms in total. The van der Waals surface area contributed by atoms with Crippen molar-refractivity contribution in [2.75, 3.05) is 19.9 Å². The topological polar surface area (TPSA) is 73.7 Å². The van der Waals surface area contributed by atoms with Crippen LogP contribution in [0.1, 0.15) is 19.8 Å². The number of rotatable bonds is 3. The van der Waals surface area contributed by atoms with Crippen molar-refractivity contribution in [1.82, 2.24) is 14.7 Å². The van der Waals surface area contributed by atoms with Gasteiger partial charge in [-0.1, -0.05) is 6.92 Å². The van der Waals surface area contributed by atoms with Crippen LogP contribution in [0, 0.1) is 5.92 Å². The molecule has 0 spiro atoms. The van der Waals surface area contributed by atoms with E-state index in [2.05, 4.69) is 12.0 Å². The smallest absolute Gasteiger partial charge is 0.267 e. The molecule has 3 heterocycles. The number of fused-ring (bicyclic) bond motifs is 1. The molecule has 1 aromatic heterocycles. The van der Waals surface area contributed by atoms with Gasteiger partial charge in [-0.15, -0.1) is 0 Å². The second kappa shape index (κ2) is 6.82. The van der Waals surface area contributed by atoms with Crippen molar-refractivity contribution in [2.24, 2.45) is 5.92 Å². The summed E-state index contributed by atoms with van der Waals surface area (Å²) in [5.74, 6) is 1.93. The second-order valence-electron chi connectivity index (χ2n) is 6.85. The molecule has 2 aromatic rings. The van der Waals surface area contributed by atoms with Gasteiger partial charge in [-0.2, -0.15) is 5.10 Å². The van der Waals surface area contributed by atoms with E-state index in [1.54, 1.807) is 6.07 Å². The largest absolute Gasteiger partial charge is 0.454 e. The number of nitrogens with zero attached hydrogens (tertiary/aromatic N) is 3. The third-order valence-corrected chi connectivity index (χ3v) is 4.96. The van der Waals surface area contributed by atoms with E-state index in [-0.39, 0.29) is 24.8 Å². The van der Waals surface area contributed by atoms with Gasteiger partial charge < -0.3 is 14.4 Å². The number of hydrogen-bond acceptors (Lipinski definition) is 5. The average molecular weight is 355 g/mol. The van der Waals surface area contributed by atoms with Crippen LogP contribution in [0.3, 0.4) is 0 Å². The van der Waals surface area contributed by atoms with Gasteiger partial charge in [0, 0.05) is 24.7 Å². The molecule has 0 unspecified atom stereocenters. The molecule has 7 heteroatoms. The van der Waals surface area contributed by atoms with Gasteiger partial charge in [0.15, 0.2) is 11.5 Å². The highest BCUT2D eigenvalue weighted by molar-refractivity contribution is 5.76. The minimum absolute atomic E-state index is 0.0361. The number of carbonyl (C=O) groups excluding carboxylic acids is 1. The predicted octanol–water partition coefficient (Wildman–Crippen LogP) is 1.90. The molecule has 0 saturated carbocycles. The van der Waals surface area contributed by atoms with Crippen LogP contribution < -0.4 is 15.0 Å². The van der Waals surface area contributed by atoms with E-state index in [1.165, 1.54) is 10.7 Å². The third-order valence-electron chi connectivity index (χ3n) is 4.96. The van der Waals surface area contributed by atoms with E-state index >= 15 is 0 Å². The van der Waals surface area contributed by atoms with E-state index in [4.69, 9.17) is 9.47 Å². The summed E-state index contributed by atoms with van der Waals surface area (Å²) < 4.78 is 11.9. The lowest BCUT2D eigenvalue weighted by atomic mass is 9.99. The molecule has 0 radical (unpaired) electrons. The first kappa shape index (κ1) is 16.6. The fourth-order valence-electron chi connectivity index (χ4n) is 3.26. The Hall–Kier alpha value is -2.83. The number of benzene rings is 1. The molecule has 0 bridgehead atoms. The van der Waals surface area contributed by atoms with Gasteiger partial charge >= 0.3 is 0 Å². The summed E-state index contributed by atoms with van der Waals surface area (Å²) in [5.41, 5.74) is 1.14. The summed E-state index contributed by atoms with van der Waals surface area (Å²) >= 11 is 0. The number of ether oxygens (including phenoxy) is 2. The zero-order valence-electron chi connectivity index (χ0n) is 14.7. The standard InChI is InChI=1S/C19H21N3O4/c1-13-6-8-21(9-7-13)19(24)11-22-18(23)5-3-15(20-22)14-2-4-16-17(10-14)26-12-25-16/h2-5,10,13H,6-9,11-12H2,1H3. The molecule has 2 aliphatic rings. The molecule has 2 aliphatic heterocycles. The van der Waals surface area contributed by atoms with Crippen LogP contribution in [0.2, 0.25) is 0 Å². The van der Waals surface area contributed by atoms with Gasteiger partial charge in [0.25, 0.3) is 5.56 Å². The lowest BCUT2D eigenvalue weighted by Gasteiger charge is -2.30. The molecule has 1 fully saturated rings. The van der Waals surface area contributed by atoms with Crippen molar-refractivity contribution in [3.8, 4) is 22.8 Å². The Morgan fingerprint density at radius 2 is 1.92 bits per heavy atom. The molecule has 1 saturated heterocycles. The maximum absolute atomic E-state index is 12.5. The maximum Gasteiger partial charge on any atom is 0.267 e. The minimum Gasteiger partial charge on any atom is -0.454 e. The molecular formula is C19H21N3O4. The predicted molar refractivity (Wildman–Crippen MR) is 95.0 cm³/mol. The van der Waals surface area contributed by atoms with Gasteiger partial charge in [0.2, 0.25) is 12.7 Å². The maximum atomic E-state index is 12.5. The molecular weight excluding hydrogens is 334 g/mol. The Kier molecular flexibility index (Phi) is 4.36. The highest BCUT2D eigenvalue weighted by Crippen LogP contribution is 2.35. The van der Waals surface area contributed by atoms with Crippen LogP contribution in [0.15, 0.2) is 35.1 Å². The molecule has 4 rings (SSSR count). The quantitative estimate of drug-likeness (QED) is 0.841. The van der Waals surface area contributed by atoms with Crippen molar-refractivity contribution in [2.45, 2.75) is 26.3 Å². The van der Waals surface area contributed by atoms with Crippen LogP contribution in [0.5, 0.6) is 11.5 Å². The first-order valence-corrected chi connectivity index (χ1v) is 8.86. The van der Waals surface area contributed by atoms with Crippen LogP contribution in [-0.4, -0.2) is 40.5 Å². The van der Waals surface area contributed by atoms with Gasteiger partial charge in [0.05, 0.1) is 5.69 Å². The summed E-state index contributed by atoms with van der Waals surface area (Å²) in [6.07, 6.45) is 2.01. The van der Waals surface area contributed by atoms with E-state index in [1.807, 2.05) is 23.1 Å². The fraction of sp³-hybridized carbons (Fsp3) is 0.421. The average Bonchev–Trinajstić information content (AvgIpc) is 3.12. The monoisotopic (exact) mass is 355 g/mol. The number of piperidine rings is 1. The Bertz CT molecular complexity index is 885. The Balaban J connectivity index is 1.55. The van der Waals surface area contributed by atoms with E-state index in [0.717, 1.165) is 31.5 Å². The van der Waals surface area contributed by atoms with E-state index in [9.17, 15) is 9.59 Å². The van der Waals surface area contributed by atoms with Gasteiger partial charge in [-0.3, -0.25) is 9.59 Å². The number of likely N-dealkylation sites (tertiary alicyclic amines) is 1. The van der Waals surface area contributed by atoms with Crippen molar-refractivity contribution in [3.05, 3.63) is 40.7 Å². The normalized spacial score (nSPS) is 16.7. The highest BCUT2D eigenvalue weighted by Gasteiger charge is 2.21. The summed E-state index contributed by atoms with van der Waals surface area (Å²) in [4.78, 5) is 26.5. The van der Waals surface area contributed by atoms with Crippen LogP contribution in [0.4, 0.5) is 0 Å². The summed E-state index contributed by atoms with van der Waals surface area (Å²) in [5, 5.41) is 4.38. The zero-order chi connectivity index (χ0) is 18.1. The van der Waals surface area contributed by atoms with Crippen molar-refractivity contribution in [3.63, 3.8) is 0 Å². The third kappa shape index (κ3) is 3.29. The summed E-state index contributed by atoms with van der Waals surface area (Å²) in [6.45, 7) is 3.86. The summed E-state index contributed by atoms with van der Waals surface area (Å²) in [7, 11) is 0. The number of hydrogen-bond donors (Lipinski definition) is 0. The minimum atomic E-state index is -0.284. The van der Waals surface area contributed by atoms with E-state index in [0.29, 0.717) is 23.1 Å². The summed E-state index contributed by atoms with van der Waals surface area (Å²) in [6, 6.07) is 8.60. The zero-order valence-corrected chi connectivity index (χ0v) is 14.7. The number of aromatic nitrogens is 2. The molecule has 26 heavy (non-hydrogen) atoms. The lowest BCUT2D eigenvalue weighted by Crippen LogP contribution is -2.41. The molecule has 0 atom stereocenters. The first-order chi connectivity index (χ1) is 12.6. The Labute approximate surface area is 151 Å². The second-order valence-corrected chi connectivity index (χ2v) is 6.85. The van der Waals surface area contributed by atoms with Gasteiger partial charge in [-0.05, 0) is 43.0 Å². The molecule has 0 N–H and O–H groups in total. The first-order valence-electron chi connectivity index (χ1n) is 8.86. The molecule has 136 valence electrons. The highest BCUT2D eigenvalue weighted by atomic mass is 16.7. The Morgan fingerprint density at radius 1 is 1.15 bits per heavy atom. The molecule has 1 aromatic carbocycles. The molecule has 0 aliphatic carbocycles. The van der Waals surface area contributed by atoms with Crippen LogP contribution in [0.25, 0.3) is 11.3 Å². The van der Waals surface area contributed by atoms with E-state index < -0.39 is 0 Å². The van der Waals surface area contributed by atoms with Crippen LogP contribution in [-0.2, 0) is 11.3 Å². The van der Waals surface area contributed by atoms with Gasteiger partial charge in [-0.25, -0.2) is 4.68 Å². The van der Waals surface area contributed by atoms with Crippen molar-refractivity contribution < 1.29 is 14.3 Å². The number of amides is 1. The fourth-order valence-corrected chi connectivity index (χ4v) is 3.26. The number of carbonyl (C=O) groups is 1. The van der Waals surface area contributed by atoms with Crippen molar-refractivity contribution in [1.29, 1.82) is 0 Å².